The number of rotatable bonds is 5. The molecule has 3 heterocycles. The van der Waals surface area contributed by atoms with Crippen molar-refractivity contribution in [1.82, 2.24) is 19.7 Å². The van der Waals surface area contributed by atoms with Gasteiger partial charge >= 0.3 is 5.97 Å². The lowest BCUT2D eigenvalue weighted by atomic mass is 9.91. The summed E-state index contributed by atoms with van der Waals surface area (Å²) < 4.78 is 6.24. The van der Waals surface area contributed by atoms with Crippen molar-refractivity contribution >= 4 is 22.8 Å². The lowest BCUT2D eigenvalue weighted by Gasteiger charge is -2.29. The van der Waals surface area contributed by atoms with Crippen LogP contribution in [0.5, 0.6) is 0 Å². The first kappa shape index (κ1) is 17.9. The molecule has 0 bridgehead atoms. The Morgan fingerprint density at radius 3 is 2.93 bits per heavy atom. The van der Waals surface area contributed by atoms with Gasteiger partial charge in [-0.1, -0.05) is 30.3 Å². The molecule has 1 aliphatic heterocycles. The summed E-state index contributed by atoms with van der Waals surface area (Å²) >= 11 is 0. The van der Waals surface area contributed by atoms with Crippen LogP contribution >= 0.6 is 0 Å². The van der Waals surface area contributed by atoms with Crippen LogP contribution in [0, 0.1) is 11.3 Å². The van der Waals surface area contributed by atoms with Gasteiger partial charge in [0.2, 0.25) is 0 Å². The molecule has 0 amide bonds. The number of benzene rings is 1. The molecule has 2 aromatic heterocycles. The standard InChI is InChI=1S/C20H20N6O2/c1-28-18(27)12-26-20-16(11-24-26)19(22-13-23-20)25-9-5-8-17(25)15(10-21)14-6-3-2-4-7-14/h2-4,6-7,11,13,15,17H,5,8-9,12H2,1H3. The number of nitrogens with zero attached hydrogens (tertiary/aromatic N) is 6. The minimum absolute atomic E-state index is 0.00921. The Balaban J connectivity index is 1.71. The Morgan fingerprint density at radius 1 is 1.36 bits per heavy atom. The fourth-order valence-corrected chi connectivity index (χ4v) is 3.86. The van der Waals surface area contributed by atoms with E-state index in [0.717, 1.165) is 36.2 Å². The molecule has 4 rings (SSSR count). The summed E-state index contributed by atoms with van der Waals surface area (Å²) in [5.74, 6) is 0.108. The Labute approximate surface area is 162 Å². The third kappa shape index (κ3) is 3.16. The number of ether oxygens (including phenoxy) is 1. The van der Waals surface area contributed by atoms with Gasteiger partial charge in [0.05, 0.1) is 36.7 Å². The summed E-state index contributed by atoms with van der Waals surface area (Å²) in [5.41, 5.74) is 1.59. The third-order valence-electron chi connectivity index (χ3n) is 5.17. The summed E-state index contributed by atoms with van der Waals surface area (Å²) in [6, 6.07) is 12.4. The second-order valence-corrected chi connectivity index (χ2v) is 6.73. The molecule has 2 unspecified atom stereocenters. The highest BCUT2D eigenvalue weighted by molar-refractivity contribution is 5.87. The fraction of sp³-hybridized carbons (Fsp3) is 0.350. The van der Waals surface area contributed by atoms with E-state index in [4.69, 9.17) is 4.74 Å². The second-order valence-electron chi connectivity index (χ2n) is 6.73. The predicted octanol–water partition coefficient (Wildman–Crippen LogP) is 2.28. The van der Waals surface area contributed by atoms with Crippen molar-refractivity contribution in [3.8, 4) is 6.07 Å². The van der Waals surface area contributed by atoms with Gasteiger partial charge in [0.25, 0.3) is 0 Å². The predicted molar refractivity (Wildman–Crippen MR) is 103 cm³/mol. The van der Waals surface area contributed by atoms with Crippen LogP contribution in [0.2, 0.25) is 0 Å². The Kier molecular flexibility index (Phi) is 4.89. The van der Waals surface area contributed by atoms with Gasteiger partial charge < -0.3 is 9.64 Å². The minimum Gasteiger partial charge on any atom is -0.468 e. The number of hydrogen-bond donors (Lipinski definition) is 0. The first-order chi connectivity index (χ1) is 13.7. The molecule has 1 fully saturated rings. The van der Waals surface area contributed by atoms with E-state index in [1.54, 1.807) is 6.20 Å². The molecule has 0 radical (unpaired) electrons. The van der Waals surface area contributed by atoms with Crippen molar-refractivity contribution in [2.75, 3.05) is 18.6 Å². The summed E-state index contributed by atoms with van der Waals surface area (Å²) in [6.07, 6.45) is 5.05. The molecule has 28 heavy (non-hydrogen) atoms. The molecule has 3 aromatic rings. The molecule has 0 spiro atoms. The van der Waals surface area contributed by atoms with E-state index in [9.17, 15) is 10.1 Å². The van der Waals surface area contributed by atoms with E-state index in [1.165, 1.54) is 18.1 Å². The summed E-state index contributed by atoms with van der Waals surface area (Å²) in [7, 11) is 1.34. The highest BCUT2D eigenvalue weighted by Crippen LogP contribution is 2.36. The van der Waals surface area contributed by atoms with Gasteiger partial charge in [-0.25, -0.2) is 14.6 Å². The zero-order chi connectivity index (χ0) is 19.5. The quantitative estimate of drug-likeness (QED) is 0.630. The van der Waals surface area contributed by atoms with Crippen LogP contribution in [0.4, 0.5) is 5.82 Å². The summed E-state index contributed by atoms with van der Waals surface area (Å²) in [4.78, 5) is 22.6. The van der Waals surface area contributed by atoms with Gasteiger partial charge in [0.15, 0.2) is 5.65 Å². The van der Waals surface area contributed by atoms with E-state index in [-0.39, 0.29) is 18.5 Å². The Bertz CT molecular complexity index is 1030. The van der Waals surface area contributed by atoms with Crippen LogP contribution in [-0.4, -0.2) is 45.4 Å². The number of carbonyl (C=O) groups excluding carboxylic acids is 1. The third-order valence-corrected chi connectivity index (χ3v) is 5.17. The van der Waals surface area contributed by atoms with Gasteiger partial charge in [-0.2, -0.15) is 10.4 Å². The van der Waals surface area contributed by atoms with E-state index in [0.29, 0.717) is 5.65 Å². The van der Waals surface area contributed by atoms with Crippen LogP contribution in [0.15, 0.2) is 42.9 Å². The number of nitriles is 1. The van der Waals surface area contributed by atoms with Gasteiger partial charge in [-0.15, -0.1) is 0 Å². The largest absolute Gasteiger partial charge is 0.468 e. The van der Waals surface area contributed by atoms with Crippen molar-refractivity contribution in [2.45, 2.75) is 31.3 Å². The number of anilines is 1. The molecule has 142 valence electrons. The Hall–Kier alpha value is -3.47. The molecule has 8 nitrogen and oxygen atoms in total. The molecule has 1 aliphatic rings. The average Bonchev–Trinajstić information content (AvgIpc) is 3.37. The van der Waals surface area contributed by atoms with Crippen LogP contribution in [0.25, 0.3) is 11.0 Å². The first-order valence-corrected chi connectivity index (χ1v) is 9.17. The molecule has 0 saturated carbocycles. The maximum absolute atomic E-state index is 11.6. The number of methoxy groups -OCH3 is 1. The maximum Gasteiger partial charge on any atom is 0.327 e. The number of aromatic nitrogens is 4. The molecule has 2 atom stereocenters. The average molecular weight is 376 g/mol. The van der Waals surface area contributed by atoms with Gasteiger partial charge in [-0.3, -0.25) is 4.79 Å². The highest BCUT2D eigenvalue weighted by atomic mass is 16.5. The van der Waals surface area contributed by atoms with Crippen molar-refractivity contribution < 1.29 is 9.53 Å². The second kappa shape index (κ2) is 7.64. The maximum atomic E-state index is 11.6. The van der Waals surface area contributed by atoms with Crippen LogP contribution in [-0.2, 0) is 16.1 Å². The van der Waals surface area contributed by atoms with Gasteiger partial charge in [0, 0.05) is 6.54 Å². The molecule has 0 aliphatic carbocycles. The number of carbonyl (C=O) groups is 1. The van der Waals surface area contributed by atoms with E-state index < -0.39 is 5.97 Å². The van der Waals surface area contributed by atoms with Gasteiger partial charge in [0.1, 0.15) is 18.7 Å². The lowest BCUT2D eigenvalue weighted by Crippen LogP contribution is -2.34. The monoisotopic (exact) mass is 376 g/mol. The van der Waals surface area contributed by atoms with E-state index in [1.807, 2.05) is 30.3 Å². The zero-order valence-corrected chi connectivity index (χ0v) is 15.5. The first-order valence-electron chi connectivity index (χ1n) is 9.17. The highest BCUT2D eigenvalue weighted by Gasteiger charge is 2.34. The zero-order valence-electron chi connectivity index (χ0n) is 15.5. The summed E-state index contributed by atoms with van der Waals surface area (Å²) in [5, 5.41) is 14.9. The topological polar surface area (TPSA) is 96.9 Å². The molecule has 0 N–H and O–H groups in total. The van der Waals surface area contributed by atoms with Crippen LogP contribution < -0.4 is 4.90 Å². The van der Waals surface area contributed by atoms with Crippen molar-refractivity contribution in [3.05, 3.63) is 48.4 Å². The normalized spacial score (nSPS) is 17.4. The van der Waals surface area contributed by atoms with Crippen molar-refractivity contribution in [1.29, 1.82) is 5.26 Å². The van der Waals surface area contributed by atoms with E-state index in [2.05, 4.69) is 26.0 Å². The van der Waals surface area contributed by atoms with Gasteiger partial charge in [-0.05, 0) is 18.4 Å². The molecule has 1 aromatic carbocycles. The molecule has 8 heteroatoms. The molecular weight excluding hydrogens is 356 g/mol. The lowest BCUT2D eigenvalue weighted by molar-refractivity contribution is -0.141. The molecule has 1 saturated heterocycles. The smallest absolute Gasteiger partial charge is 0.327 e. The number of hydrogen-bond acceptors (Lipinski definition) is 7. The van der Waals surface area contributed by atoms with Crippen LogP contribution in [0.3, 0.4) is 0 Å². The Morgan fingerprint density at radius 2 is 2.18 bits per heavy atom. The van der Waals surface area contributed by atoms with Crippen molar-refractivity contribution in [2.24, 2.45) is 0 Å². The van der Waals surface area contributed by atoms with Crippen molar-refractivity contribution in [3.63, 3.8) is 0 Å². The minimum atomic E-state index is -0.391. The number of fused-ring (bicyclic) bond motifs is 1. The van der Waals surface area contributed by atoms with E-state index >= 15 is 0 Å². The summed E-state index contributed by atoms with van der Waals surface area (Å²) in [6.45, 7) is 0.800. The van der Waals surface area contributed by atoms with Crippen LogP contribution in [0.1, 0.15) is 24.3 Å². The molecular formula is C20H20N6O2. The SMILES string of the molecule is COC(=O)Cn1ncc2c(N3CCCC3C(C#N)c3ccccc3)ncnc21. The fourth-order valence-electron chi connectivity index (χ4n) is 3.86. The number of esters is 1.